The SMILES string of the molecule is BrCCc1ccc(Br)cc1.OC(c1ccccc1)(c1ccccc1)C1CCN(CCc2ccc(Br)cc2)CC1.OC(c1ccccc1)(c1ccccc1)C1CCNCC1. The van der Waals surface area contributed by atoms with Gasteiger partial charge in [0.15, 0.2) is 0 Å². The van der Waals surface area contributed by atoms with E-state index in [1.165, 1.54) is 11.1 Å². The number of hydrogen-bond donors (Lipinski definition) is 3. The third kappa shape index (κ3) is 12.3. The molecule has 7 heteroatoms. The van der Waals surface area contributed by atoms with E-state index in [9.17, 15) is 10.2 Å². The van der Waals surface area contributed by atoms with Crippen LogP contribution in [0, 0.1) is 11.8 Å². The summed E-state index contributed by atoms with van der Waals surface area (Å²) in [5.74, 6) is 0.477. The van der Waals surface area contributed by atoms with Crippen LogP contribution in [-0.2, 0) is 24.0 Å². The van der Waals surface area contributed by atoms with Crippen molar-refractivity contribution in [2.75, 3.05) is 38.1 Å². The van der Waals surface area contributed by atoms with Crippen molar-refractivity contribution in [1.29, 1.82) is 0 Å². The van der Waals surface area contributed by atoms with Gasteiger partial charge in [0.25, 0.3) is 0 Å². The van der Waals surface area contributed by atoms with E-state index >= 15 is 0 Å². The van der Waals surface area contributed by atoms with Crippen molar-refractivity contribution in [3.05, 3.63) is 212 Å². The average molecular weight is 982 g/mol. The number of alkyl halides is 1. The monoisotopic (exact) mass is 978 g/mol. The van der Waals surface area contributed by atoms with Gasteiger partial charge in [0, 0.05) is 20.8 Å². The van der Waals surface area contributed by atoms with Gasteiger partial charge in [-0.3, -0.25) is 0 Å². The minimum atomic E-state index is -0.930. The van der Waals surface area contributed by atoms with Crippen LogP contribution < -0.4 is 5.32 Å². The number of nitrogens with one attached hydrogen (secondary N) is 1. The van der Waals surface area contributed by atoms with Crippen LogP contribution in [0.3, 0.4) is 0 Å². The molecule has 2 aliphatic heterocycles. The Kier molecular flexibility index (Phi) is 17.6. The fourth-order valence-corrected chi connectivity index (χ4v) is 9.54. The Morgan fingerprint density at radius 3 is 1.17 bits per heavy atom. The highest BCUT2D eigenvalue weighted by atomic mass is 79.9. The molecule has 0 aliphatic carbocycles. The van der Waals surface area contributed by atoms with Crippen molar-refractivity contribution in [1.82, 2.24) is 10.2 Å². The number of benzene rings is 6. The molecule has 6 aromatic carbocycles. The van der Waals surface area contributed by atoms with Crippen LogP contribution >= 0.6 is 47.8 Å². The quantitative estimate of drug-likeness (QED) is 0.113. The standard InChI is InChI=1S/C26H28BrNO.C18H21NO.C8H8Br2/c27-25-13-11-21(12-14-25)15-18-28-19-16-24(17-20-28)26(29,22-7-3-1-4-8-22)23-9-5-2-6-10-23;20-18(15-7-3-1-4-8-15,16-9-5-2-6-10-16)17-11-13-19-14-12-17;9-6-5-7-1-3-8(10)4-2-7/h1-14,24,29H,15-20H2;1-10,17,19-20H,11-14H2;1-4H,5-6H2. The molecule has 0 spiro atoms. The van der Waals surface area contributed by atoms with Gasteiger partial charge in [-0.25, -0.2) is 0 Å². The average Bonchev–Trinajstić information content (AvgIpc) is 3.31. The highest BCUT2D eigenvalue weighted by Gasteiger charge is 2.42. The molecule has 6 aromatic rings. The number of piperidine rings is 2. The Morgan fingerprint density at radius 1 is 0.475 bits per heavy atom. The van der Waals surface area contributed by atoms with E-state index in [0.717, 1.165) is 108 Å². The van der Waals surface area contributed by atoms with E-state index in [4.69, 9.17) is 0 Å². The van der Waals surface area contributed by atoms with Gasteiger partial charge >= 0.3 is 0 Å². The highest BCUT2D eigenvalue weighted by Crippen LogP contribution is 2.42. The first kappa shape index (κ1) is 45.1. The van der Waals surface area contributed by atoms with E-state index in [0.29, 0.717) is 0 Å². The Balaban J connectivity index is 0.000000168. The van der Waals surface area contributed by atoms with Gasteiger partial charge in [-0.05, 0) is 134 Å². The maximum atomic E-state index is 12.0. The molecule has 308 valence electrons. The number of rotatable bonds is 11. The lowest BCUT2D eigenvalue weighted by Crippen LogP contribution is -2.44. The molecule has 0 radical (unpaired) electrons. The van der Waals surface area contributed by atoms with Gasteiger partial charge in [-0.15, -0.1) is 0 Å². The molecule has 2 saturated heterocycles. The number of aliphatic hydroxyl groups is 2. The maximum Gasteiger partial charge on any atom is 0.117 e. The first-order valence-electron chi connectivity index (χ1n) is 21.0. The molecule has 0 bridgehead atoms. The number of aryl methyl sites for hydroxylation is 1. The molecule has 2 heterocycles. The van der Waals surface area contributed by atoms with E-state index < -0.39 is 11.2 Å². The topological polar surface area (TPSA) is 55.7 Å². The van der Waals surface area contributed by atoms with Crippen LogP contribution in [0.1, 0.15) is 59.1 Å². The zero-order valence-corrected chi connectivity index (χ0v) is 38.5. The highest BCUT2D eigenvalue weighted by molar-refractivity contribution is 9.10. The lowest BCUT2D eigenvalue weighted by Gasteiger charge is -2.42. The van der Waals surface area contributed by atoms with Crippen molar-refractivity contribution >= 4 is 47.8 Å². The summed E-state index contributed by atoms with van der Waals surface area (Å²) >= 11 is 10.3. The first-order valence-corrected chi connectivity index (χ1v) is 23.7. The van der Waals surface area contributed by atoms with Crippen molar-refractivity contribution in [3.8, 4) is 0 Å². The molecule has 0 atom stereocenters. The maximum absolute atomic E-state index is 12.0. The predicted molar refractivity (Wildman–Crippen MR) is 256 cm³/mol. The molecule has 4 nitrogen and oxygen atoms in total. The molecule has 0 amide bonds. The predicted octanol–water partition coefficient (Wildman–Crippen LogP) is 11.9. The van der Waals surface area contributed by atoms with Crippen molar-refractivity contribution in [2.24, 2.45) is 11.8 Å². The summed E-state index contributed by atoms with van der Waals surface area (Å²) in [6, 6.07) is 57.5. The number of likely N-dealkylation sites (tertiary alicyclic amines) is 1. The Morgan fingerprint density at radius 2 is 0.814 bits per heavy atom. The molecular formula is C52H57Br3N2O2. The minimum absolute atomic E-state index is 0.219. The van der Waals surface area contributed by atoms with E-state index in [1.807, 2.05) is 97.1 Å². The van der Waals surface area contributed by atoms with Gasteiger partial charge < -0.3 is 20.4 Å². The van der Waals surface area contributed by atoms with Gasteiger partial charge in [0.05, 0.1) is 0 Å². The summed E-state index contributed by atoms with van der Waals surface area (Å²) in [7, 11) is 0. The van der Waals surface area contributed by atoms with Crippen LogP contribution in [0.15, 0.2) is 179 Å². The zero-order valence-electron chi connectivity index (χ0n) is 33.8. The molecule has 59 heavy (non-hydrogen) atoms. The number of halogens is 3. The molecule has 0 unspecified atom stereocenters. The molecule has 0 aromatic heterocycles. The van der Waals surface area contributed by atoms with E-state index in [1.54, 1.807) is 0 Å². The van der Waals surface area contributed by atoms with E-state index in [2.05, 4.69) is 131 Å². The van der Waals surface area contributed by atoms with Crippen molar-refractivity contribution < 1.29 is 10.2 Å². The first-order chi connectivity index (χ1) is 28.8. The molecule has 3 N–H and O–H groups in total. The Labute approximate surface area is 377 Å². The van der Waals surface area contributed by atoms with Gasteiger partial charge in [0.1, 0.15) is 11.2 Å². The Hall–Kier alpha value is -3.40. The summed E-state index contributed by atoms with van der Waals surface area (Å²) in [5, 5.41) is 27.9. The second-order valence-electron chi connectivity index (χ2n) is 15.6. The number of hydrogen-bond acceptors (Lipinski definition) is 4. The summed E-state index contributed by atoms with van der Waals surface area (Å²) in [4.78, 5) is 2.54. The summed E-state index contributed by atoms with van der Waals surface area (Å²) in [6.45, 7) is 5.09. The van der Waals surface area contributed by atoms with Crippen molar-refractivity contribution in [2.45, 2.75) is 49.7 Å². The lowest BCUT2D eigenvalue weighted by atomic mass is 9.72. The molecule has 2 aliphatic rings. The minimum Gasteiger partial charge on any atom is -0.380 e. The molecule has 0 saturated carbocycles. The van der Waals surface area contributed by atoms with Gasteiger partial charge in [-0.2, -0.15) is 0 Å². The fraction of sp³-hybridized carbons (Fsp3) is 0.308. The summed E-state index contributed by atoms with van der Waals surface area (Å²) < 4.78 is 2.27. The van der Waals surface area contributed by atoms with E-state index in [-0.39, 0.29) is 11.8 Å². The largest absolute Gasteiger partial charge is 0.380 e. The summed E-state index contributed by atoms with van der Waals surface area (Å²) in [5.41, 5.74) is 4.93. The second kappa shape index (κ2) is 23.0. The van der Waals surface area contributed by atoms with Crippen LogP contribution in [0.2, 0.25) is 0 Å². The summed E-state index contributed by atoms with van der Waals surface area (Å²) in [6.07, 6.45) is 6.18. The molecule has 2 fully saturated rings. The smallest absolute Gasteiger partial charge is 0.117 e. The number of nitrogens with zero attached hydrogens (tertiary/aromatic N) is 1. The van der Waals surface area contributed by atoms with Crippen LogP contribution in [0.5, 0.6) is 0 Å². The molecular weight excluding hydrogens is 924 g/mol. The third-order valence-corrected chi connectivity index (χ3v) is 13.3. The molecule has 8 rings (SSSR count). The van der Waals surface area contributed by atoms with Crippen LogP contribution in [-0.4, -0.2) is 53.2 Å². The zero-order chi connectivity index (χ0) is 41.3. The normalized spacial score (nSPS) is 15.3. The van der Waals surface area contributed by atoms with Crippen LogP contribution in [0.4, 0.5) is 0 Å². The van der Waals surface area contributed by atoms with Gasteiger partial charge in [-0.1, -0.05) is 193 Å². The third-order valence-electron chi connectivity index (χ3n) is 11.9. The van der Waals surface area contributed by atoms with Crippen LogP contribution in [0.25, 0.3) is 0 Å². The Bertz CT molecular complexity index is 1980. The second-order valence-corrected chi connectivity index (χ2v) is 18.2. The lowest BCUT2D eigenvalue weighted by molar-refractivity contribution is -0.0140. The van der Waals surface area contributed by atoms with Gasteiger partial charge in [0.2, 0.25) is 0 Å². The fourth-order valence-electron chi connectivity index (χ4n) is 8.56. The van der Waals surface area contributed by atoms with Crippen molar-refractivity contribution in [3.63, 3.8) is 0 Å².